The lowest BCUT2D eigenvalue weighted by Gasteiger charge is -2.39. The second-order valence-electron chi connectivity index (χ2n) is 8.61. The van der Waals surface area contributed by atoms with E-state index < -0.39 is 47.6 Å². The number of nitrogens with one attached hydrogen (secondary N) is 1. The first-order chi connectivity index (χ1) is 16.4. The van der Waals surface area contributed by atoms with Gasteiger partial charge in [0, 0.05) is 6.20 Å². The number of halogens is 6. The van der Waals surface area contributed by atoms with Crippen LogP contribution in [0.5, 0.6) is 0 Å². The number of pyridine rings is 2. The summed E-state index contributed by atoms with van der Waals surface area (Å²) in [4.78, 5) is 35.8. The second kappa shape index (κ2) is 9.00. The molecule has 1 spiro atoms. The maximum Gasteiger partial charge on any atom is 0.433 e. The predicted molar refractivity (Wildman–Crippen MR) is 112 cm³/mol. The quantitative estimate of drug-likeness (QED) is 0.592. The van der Waals surface area contributed by atoms with Gasteiger partial charge in [0.25, 0.3) is 0 Å². The van der Waals surface area contributed by atoms with Gasteiger partial charge < -0.3 is 10.2 Å². The van der Waals surface area contributed by atoms with Gasteiger partial charge in [0.05, 0.1) is 29.5 Å². The Labute approximate surface area is 196 Å². The molecule has 3 heterocycles. The van der Waals surface area contributed by atoms with E-state index in [9.17, 15) is 35.9 Å². The number of rotatable bonds is 4. The largest absolute Gasteiger partial charge is 0.433 e. The van der Waals surface area contributed by atoms with Crippen LogP contribution in [0.3, 0.4) is 0 Å². The molecule has 7 nitrogen and oxygen atoms in total. The molecule has 1 saturated heterocycles. The van der Waals surface area contributed by atoms with E-state index in [1.165, 1.54) is 9.80 Å². The number of carbonyl (C=O) groups excluding carboxylic acids is 2. The Balaban J connectivity index is 1.55. The highest BCUT2D eigenvalue weighted by Gasteiger charge is 2.51. The molecule has 2 aliphatic rings. The minimum absolute atomic E-state index is 0.161. The summed E-state index contributed by atoms with van der Waals surface area (Å²) in [5.41, 5.74) is -2.64. The zero-order valence-electron chi connectivity index (χ0n) is 18.3. The van der Waals surface area contributed by atoms with Crippen LogP contribution in [0.4, 0.5) is 42.6 Å². The molecule has 4 rings (SSSR count). The third kappa shape index (κ3) is 5.17. The molecule has 188 valence electrons. The van der Waals surface area contributed by atoms with Crippen molar-refractivity contribution in [2.24, 2.45) is 0 Å². The fourth-order valence-electron chi connectivity index (χ4n) is 4.59. The standard InChI is InChI=1S/C22H21F6N5O2/c23-21(24,25)14-6-9-29-17(10-14)31-18(34)12-33-19(35)32(13-20(33)7-2-1-3-8-20)15-4-5-16(30-11-15)22(26,27)28/h4-6,9-11H,1-3,7-8,12-13H2,(H,29,31,34). The maximum absolute atomic E-state index is 13.3. The van der Waals surface area contributed by atoms with Crippen molar-refractivity contribution in [3.63, 3.8) is 0 Å². The molecule has 0 bridgehead atoms. The van der Waals surface area contributed by atoms with Crippen molar-refractivity contribution in [1.29, 1.82) is 0 Å². The lowest BCUT2D eigenvalue weighted by atomic mass is 9.81. The van der Waals surface area contributed by atoms with Crippen LogP contribution in [0.25, 0.3) is 0 Å². The molecule has 13 heteroatoms. The topological polar surface area (TPSA) is 78.4 Å². The van der Waals surface area contributed by atoms with Gasteiger partial charge >= 0.3 is 18.4 Å². The fraction of sp³-hybridized carbons (Fsp3) is 0.455. The first-order valence-corrected chi connectivity index (χ1v) is 10.8. The molecule has 1 N–H and O–H groups in total. The molecule has 1 saturated carbocycles. The smallest absolute Gasteiger partial charge is 0.309 e. The van der Waals surface area contributed by atoms with Crippen LogP contribution in [0.1, 0.15) is 43.4 Å². The van der Waals surface area contributed by atoms with Crippen LogP contribution in [0.15, 0.2) is 36.7 Å². The van der Waals surface area contributed by atoms with Crippen LogP contribution in [-0.2, 0) is 17.1 Å². The summed E-state index contributed by atoms with van der Waals surface area (Å²) in [5, 5.41) is 2.30. The number of alkyl halides is 6. The van der Waals surface area contributed by atoms with Gasteiger partial charge in [-0.25, -0.2) is 14.8 Å². The zero-order chi connectivity index (χ0) is 25.4. The molecule has 3 amide bonds. The number of aromatic nitrogens is 2. The molecule has 1 aliphatic carbocycles. The molecule has 2 aromatic rings. The van der Waals surface area contributed by atoms with Gasteiger partial charge in [0.1, 0.15) is 18.1 Å². The summed E-state index contributed by atoms with van der Waals surface area (Å²) in [5.74, 6) is -1.04. The van der Waals surface area contributed by atoms with E-state index in [2.05, 4.69) is 15.3 Å². The van der Waals surface area contributed by atoms with E-state index in [1.807, 2.05) is 0 Å². The second-order valence-corrected chi connectivity index (χ2v) is 8.61. The van der Waals surface area contributed by atoms with E-state index in [1.54, 1.807) is 0 Å². The van der Waals surface area contributed by atoms with E-state index in [4.69, 9.17) is 0 Å². The van der Waals surface area contributed by atoms with Crippen LogP contribution in [0, 0.1) is 0 Å². The molecule has 0 aromatic carbocycles. The van der Waals surface area contributed by atoms with Crippen molar-refractivity contribution in [3.8, 4) is 0 Å². The number of urea groups is 1. The average molecular weight is 501 g/mol. The zero-order valence-corrected chi connectivity index (χ0v) is 18.3. The summed E-state index contributed by atoms with van der Waals surface area (Å²) >= 11 is 0. The maximum atomic E-state index is 13.3. The minimum Gasteiger partial charge on any atom is -0.309 e. The Morgan fingerprint density at radius 3 is 2.31 bits per heavy atom. The van der Waals surface area contributed by atoms with Crippen LogP contribution in [-0.4, -0.2) is 45.4 Å². The van der Waals surface area contributed by atoms with E-state index in [-0.39, 0.29) is 18.1 Å². The van der Waals surface area contributed by atoms with Gasteiger partial charge in [0.2, 0.25) is 5.91 Å². The molecule has 0 unspecified atom stereocenters. The van der Waals surface area contributed by atoms with Gasteiger partial charge in [-0.1, -0.05) is 19.3 Å². The average Bonchev–Trinajstić information content (AvgIpc) is 3.04. The molecule has 1 aliphatic heterocycles. The summed E-state index contributed by atoms with van der Waals surface area (Å²) < 4.78 is 77.5. The van der Waals surface area contributed by atoms with Crippen LogP contribution < -0.4 is 10.2 Å². The van der Waals surface area contributed by atoms with Crippen molar-refractivity contribution in [3.05, 3.63) is 47.9 Å². The molecule has 0 atom stereocenters. The molecule has 2 aromatic heterocycles. The van der Waals surface area contributed by atoms with Crippen molar-refractivity contribution >= 4 is 23.4 Å². The summed E-state index contributed by atoms with van der Waals surface area (Å²) in [7, 11) is 0. The van der Waals surface area contributed by atoms with Crippen molar-refractivity contribution in [2.45, 2.75) is 50.0 Å². The Kier molecular flexibility index (Phi) is 6.36. The van der Waals surface area contributed by atoms with Crippen LogP contribution in [0.2, 0.25) is 0 Å². The van der Waals surface area contributed by atoms with E-state index >= 15 is 0 Å². The third-order valence-corrected chi connectivity index (χ3v) is 6.28. The van der Waals surface area contributed by atoms with E-state index in [0.29, 0.717) is 18.9 Å². The Bertz CT molecular complexity index is 1100. The Hall–Kier alpha value is -3.38. The van der Waals surface area contributed by atoms with Crippen molar-refractivity contribution in [2.75, 3.05) is 23.3 Å². The molecule has 2 fully saturated rings. The van der Waals surface area contributed by atoms with Gasteiger partial charge in [-0.15, -0.1) is 0 Å². The number of anilines is 2. The number of carbonyl (C=O) groups is 2. The van der Waals surface area contributed by atoms with Crippen LogP contribution >= 0.6 is 0 Å². The van der Waals surface area contributed by atoms with Gasteiger partial charge in [-0.3, -0.25) is 9.69 Å². The predicted octanol–water partition coefficient (Wildman–Crippen LogP) is 5.10. The number of hydrogen-bond donors (Lipinski definition) is 1. The van der Waals surface area contributed by atoms with E-state index in [0.717, 1.165) is 49.9 Å². The highest BCUT2D eigenvalue weighted by Crippen LogP contribution is 2.41. The lowest BCUT2D eigenvalue weighted by molar-refractivity contribution is -0.141. The normalized spacial score (nSPS) is 18.3. The first kappa shape index (κ1) is 24.7. The van der Waals surface area contributed by atoms with Crippen molar-refractivity contribution < 1.29 is 35.9 Å². The summed E-state index contributed by atoms with van der Waals surface area (Å²) in [6.45, 7) is -0.282. The monoisotopic (exact) mass is 501 g/mol. The van der Waals surface area contributed by atoms with Gasteiger partial charge in [-0.2, -0.15) is 26.3 Å². The molecule has 35 heavy (non-hydrogen) atoms. The molecule has 0 radical (unpaired) electrons. The SMILES string of the molecule is O=C(CN1C(=O)N(c2ccc(C(F)(F)F)nc2)CC12CCCCC2)Nc1cc(C(F)(F)F)ccn1. The van der Waals surface area contributed by atoms with Crippen molar-refractivity contribution in [1.82, 2.24) is 14.9 Å². The Morgan fingerprint density at radius 2 is 1.71 bits per heavy atom. The molecular weight excluding hydrogens is 480 g/mol. The number of amides is 3. The van der Waals surface area contributed by atoms with Gasteiger partial charge in [0.15, 0.2) is 0 Å². The first-order valence-electron chi connectivity index (χ1n) is 10.8. The highest BCUT2D eigenvalue weighted by atomic mass is 19.4. The molecular formula is C22H21F6N5O2. The Morgan fingerprint density at radius 1 is 1.00 bits per heavy atom. The summed E-state index contributed by atoms with van der Waals surface area (Å²) in [6, 6.07) is 2.82. The third-order valence-electron chi connectivity index (χ3n) is 6.28. The minimum atomic E-state index is -4.63. The highest BCUT2D eigenvalue weighted by molar-refractivity contribution is 6.00. The lowest BCUT2D eigenvalue weighted by Crippen LogP contribution is -2.51. The van der Waals surface area contributed by atoms with Gasteiger partial charge in [-0.05, 0) is 37.1 Å². The number of hydrogen-bond acceptors (Lipinski definition) is 4. The number of nitrogens with zero attached hydrogens (tertiary/aromatic N) is 4. The fourth-order valence-corrected chi connectivity index (χ4v) is 4.59. The summed E-state index contributed by atoms with van der Waals surface area (Å²) in [6.07, 6.45) is -3.67.